The monoisotopic (exact) mass is 357 g/mol. The highest BCUT2D eigenvalue weighted by Crippen LogP contribution is 2.25. The van der Waals surface area contributed by atoms with Gasteiger partial charge in [0.25, 0.3) is 0 Å². The van der Waals surface area contributed by atoms with E-state index in [2.05, 4.69) is 15.6 Å². The second-order valence-corrected chi connectivity index (χ2v) is 6.16. The predicted molar refractivity (Wildman–Crippen MR) is 97.1 cm³/mol. The molecule has 1 aromatic carbocycles. The first-order valence-corrected chi connectivity index (χ1v) is 8.60. The third-order valence-electron chi connectivity index (χ3n) is 4.26. The van der Waals surface area contributed by atoms with Crippen molar-refractivity contribution in [1.82, 2.24) is 20.2 Å². The van der Waals surface area contributed by atoms with Gasteiger partial charge in [-0.2, -0.15) is 0 Å². The Morgan fingerprint density at radius 1 is 1.42 bits per heavy atom. The van der Waals surface area contributed by atoms with Gasteiger partial charge in [-0.05, 0) is 18.6 Å². The number of aryl methyl sites for hydroxylation is 1. The summed E-state index contributed by atoms with van der Waals surface area (Å²) in [4.78, 5) is 29.9. The predicted octanol–water partition coefficient (Wildman–Crippen LogP) is 1.39. The van der Waals surface area contributed by atoms with Gasteiger partial charge in [0, 0.05) is 50.2 Å². The minimum atomic E-state index is -0.249. The SMILES string of the molecule is COc1cccc(N2CC(NC(=O)NCCCn3ccnc3)CC2=O)c1. The number of nitrogens with one attached hydrogen (secondary N) is 2. The Labute approximate surface area is 152 Å². The van der Waals surface area contributed by atoms with E-state index < -0.39 is 0 Å². The van der Waals surface area contributed by atoms with Crippen LogP contribution in [-0.4, -0.2) is 47.7 Å². The lowest BCUT2D eigenvalue weighted by Crippen LogP contribution is -2.43. The summed E-state index contributed by atoms with van der Waals surface area (Å²) in [7, 11) is 1.59. The van der Waals surface area contributed by atoms with Crippen molar-refractivity contribution in [2.45, 2.75) is 25.4 Å². The lowest BCUT2D eigenvalue weighted by atomic mass is 10.2. The molecule has 2 N–H and O–H groups in total. The molecule has 0 radical (unpaired) electrons. The van der Waals surface area contributed by atoms with Gasteiger partial charge >= 0.3 is 6.03 Å². The molecule has 138 valence electrons. The summed E-state index contributed by atoms with van der Waals surface area (Å²) in [6.07, 6.45) is 6.46. The first-order chi connectivity index (χ1) is 12.7. The number of anilines is 1. The summed E-state index contributed by atoms with van der Waals surface area (Å²) in [5.41, 5.74) is 0.777. The van der Waals surface area contributed by atoms with Crippen molar-refractivity contribution in [3.63, 3.8) is 0 Å². The van der Waals surface area contributed by atoms with E-state index in [0.717, 1.165) is 18.7 Å². The van der Waals surface area contributed by atoms with E-state index >= 15 is 0 Å². The molecule has 0 saturated carbocycles. The van der Waals surface area contributed by atoms with Crippen LogP contribution in [0.4, 0.5) is 10.5 Å². The van der Waals surface area contributed by atoms with Crippen LogP contribution >= 0.6 is 0 Å². The first-order valence-electron chi connectivity index (χ1n) is 8.60. The van der Waals surface area contributed by atoms with E-state index in [1.54, 1.807) is 24.5 Å². The number of ether oxygens (including phenoxy) is 1. The third kappa shape index (κ3) is 4.53. The van der Waals surface area contributed by atoms with Crippen LogP contribution in [0.25, 0.3) is 0 Å². The summed E-state index contributed by atoms with van der Waals surface area (Å²) in [6, 6.07) is 6.89. The molecular formula is C18H23N5O3. The van der Waals surface area contributed by atoms with E-state index in [9.17, 15) is 9.59 Å². The first kappa shape index (κ1) is 17.8. The van der Waals surface area contributed by atoms with Gasteiger partial charge in [0.2, 0.25) is 5.91 Å². The molecule has 1 atom stereocenters. The minimum Gasteiger partial charge on any atom is -0.497 e. The van der Waals surface area contributed by atoms with E-state index in [1.807, 2.05) is 35.0 Å². The Balaban J connectivity index is 1.43. The summed E-state index contributed by atoms with van der Waals surface area (Å²) >= 11 is 0. The number of nitrogens with zero attached hydrogens (tertiary/aromatic N) is 3. The number of urea groups is 1. The van der Waals surface area contributed by atoms with E-state index in [4.69, 9.17) is 4.74 Å². The fraction of sp³-hybridized carbons (Fsp3) is 0.389. The maximum absolute atomic E-state index is 12.3. The minimum absolute atomic E-state index is 0.0105. The maximum Gasteiger partial charge on any atom is 0.315 e. The van der Waals surface area contributed by atoms with Gasteiger partial charge in [-0.1, -0.05) is 6.07 Å². The number of aromatic nitrogens is 2. The number of amides is 3. The number of benzene rings is 1. The molecule has 1 aliphatic heterocycles. The van der Waals surface area contributed by atoms with Gasteiger partial charge in [-0.3, -0.25) is 4.79 Å². The topological polar surface area (TPSA) is 88.5 Å². The van der Waals surface area contributed by atoms with Crippen LogP contribution in [0.15, 0.2) is 43.0 Å². The van der Waals surface area contributed by atoms with Crippen LogP contribution in [0.3, 0.4) is 0 Å². The van der Waals surface area contributed by atoms with Crippen molar-refractivity contribution in [3.05, 3.63) is 43.0 Å². The van der Waals surface area contributed by atoms with Crippen LogP contribution in [0.1, 0.15) is 12.8 Å². The molecule has 1 aromatic heterocycles. The van der Waals surface area contributed by atoms with E-state index in [0.29, 0.717) is 25.3 Å². The Hall–Kier alpha value is -3.03. The van der Waals surface area contributed by atoms with Gasteiger partial charge in [0.05, 0.1) is 19.5 Å². The summed E-state index contributed by atoms with van der Waals surface area (Å²) < 4.78 is 7.16. The number of rotatable bonds is 7. The molecule has 8 nitrogen and oxygen atoms in total. The average molecular weight is 357 g/mol. The molecule has 1 unspecified atom stereocenters. The number of carbonyl (C=O) groups excluding carboxylic acids is 2. The molecule has 2 heterocycles. The van der Waals surface area contributed by atoms with Crippen LogP contribution < -0.4 is 20.3 Å². The molecule has 1 saturated heterocycles. The molecule has 0 spiro atoms. The highest BCUT2D eigenvalue weighted by molar-refractivity contribution is 5.97. The zero-order valence-electron chi connectivity index (χ0n) is 14.7. The second kappa shape index (κ2) is 8.37. The highest BCUT2D eigenvalue weighted by Gasteiger charge is 2.31. The molecule has 1 fully saturated rings. The lowest BCUT2D eigenvalue weighted by Gasteiger charge is -2.18. The van der Waals surface area contributed by atoms with Gasteiger partial charge in [0.15, 0.2) is 0 Å². The molecular weight excluding hydrogens is 334 g/mol. The number of hydrogen-bond acceptors (Lipinski definition) is 4. The van der Waals surface area contributed by atoms with Crippen molar-refractivity contribution in [2.75, 3.05) is 25.1 Å². The Morgan fingerprint density at radius 3 is 3.08 bits per heavy atom. The smallest absolute Gasteiger partial charge is 0.315 e. The largest absolute Gasteiger partial charge is 0.497 e. The van der Waals surface area contributed by atoms with E-state index in [1.165, 1.54) is 0 Å². The normalized spacial score (nSPS) is 16.6. The quantitative estimate of drug-likeness (QED) is 0.733. The van der Waals surface area contributed by atoms with Gasteiger partial charge in [-0.15, -0.1) is 0 Å². The average Bonchev–Trinajstić information content (AvgIpc) is 3.28. The molecule has 8 heteroatoms. The van der Waals surface area contributed by atoms with Crippen molar-refractivity contribution in [3.8, 4) is 5.75 Å². The Morgan fingerprint density at radius 2 is 2.31 bits per heavy atom. The highest BCUT2D eigenvalue weighted by atomic mass is 16.5. The number of carbonyl (C=O) groups is 2. The van der Waals surface area contributed by atoms with Crippen LogP contribution in [0, 0.1) is 0 Å². The van der Waals surface area contributed by atoms with Crippen LogP contribution in [-0.2, 0) is 11.3 Å². The van der Waals surface area contributed by atoms with Crippen molar-refractivity contribution >= 4 is 17.6 Å². The molecule has 1 aliphatic rings. The molecule has 0 aliphatic carbocycles. The van der Waals surface area contributed by atoms with Gasteiger partial charge < -0.3 is 24.8 Å². The molecule has 2 aromatic rings. The fourth-order valence-electron chi connectivity index (χ4n) is 2.95. The van der Waals surface area contributed by atoms with Crippen LogP contribution in [0.5, 0.6) is 5.75 Å². The Bertz CT molecular complexity index is 747. The van der Waals surface area contributed by atoms with Gasteiger partial charge in [0.1, 0.15) is 5.75 Å². The summed E-state index contributed by atoms with van der Waals surface area (Å²) in [6.45, 7) is 1.81. The molecule has 3 amide bonds. The molecule has 26 heavy (non-hydrogen) atoms. The summed E-state index contributed by atoms with van der Waals surface area (Å²) in [5, 5.41) is 5.69. The Kier molecular flexibility index (Phi) is 5.73. The van der Waals surface area contributed by atoms with Crippen molar-refractivity contribution < 1.29 is 14.3 Å². The lowest BCUT2D eigenvalue weighted by molar-refractivity contribution is -0.117. The molecule has 0 bridgehead atoms. The maximum atomic E-state index is 12.3. The number of methoxy groups -OCH3 is 1. The number of hydrogen-bond donors (Lipinski definition) is 2. The summed E-state index contributed by atoms with van der Waals surface area (Å²) in [5.74, 6) is 0.686. The molecule has 3 rings (SSSR count). The second-order valence-electron chi connectivity index (χ2n) is 6.16. The van der Waals surface area contributed by atoms with Crippen molar-refractivity contribution in [1.29, 1.82) is 0 Å². The number of imidazole rings is 1. The zero-order chi connectivity index (χ0) is 18.4. The zero-order valence-corrected chi connectivity index (χ0v) is 14.7. The van der Waals surface area contributed by atoms with Crippen molar-refractivity contribution in [2.24, 2.45) is 0 Å². The van der Waals surface area contributed by atoms with E-state index in [-0.39, 0.29) is 18.0 Å². The van der Waals surface area contributed by atoms with Gasteiger partial charge in [-0.25, -0.2) is 9.78 Å². The standard InChI is InChI=1S/C18H23N5O3/c1-26-16-5-2-4-15(11-16)23-12-14(10-17(23)24)21-18(25)20-6-3-8-22-9-7-19-13-22/h2,4-5,7,9,11,13-14H,3,6,8,10,12H2,1H3,(H2,20,21,25). The fourth-order valence-corrected chi connectivity index (χ4v) is 2.95. The third-order valence-corrected chi connectivity index (χ3v) is 4.26. The van der Waals surface area contributed by atoms with Crippen LogP contribution in [0.2, 0.25) is 0 Å².